The van der Waals surface area contributed by atoms with E-state index in [1.165, 1.54) is 12.1 Å². The standard InChI is InChI=1S/C8H3BrF3NO/c9-6-1-2-7(5(3-6)4-13)14-8(10,11)12/h1-3H. The van der Waals surface area contributed by atoms with Crippen LogP contribution in [0, 0.1) is 11.3 Å². The van der Waals surface area contributed by atoms with Crippen molar-refractivity contribution in [3.8, 4) is 11.8 Å². The molecule has 1 aromatic carbocycles. The molecular formula is C8H3BrF3NO. The van der Waals surface area contributed by atoms with Crippen LogP contribution < -0.4 is 4.74 Å². The zero-order valence-corrected chi connectivity index (χ0v) is 8.19. The highest BCUT2D eigenvalue weighted by atomic mass is 79.9. The van der Waals surface area contributed by atoms with E-state index in [0.29, 0.717) is 4.47 Å². The maximum absolute atomic E-state index is 11.8. The van der Waals surface area contributed by atoms with Crippen LogP contribution in [0.1, 0.15) is 5.56 Å². The predicted octanol–water partition coefficient (Wildman–Crippen LogP) is 3.22. The Morgan fingerprint density at radius 1 is 1.36 bits per heavy atom. The van der Waals surface area contributed by atoms with Gasteiger partial charge < -0.3 is 4.74 Å². The fourth-order valence-corrected chi connectivity index (χ4v) is 1.16. The van der Waals surface area contributed by atoms with E-state index in [1.807, 2.05) is 0 Å². The van der Waals surface area contributed by atoms with Crippen LogP contribution in [0.4, 0.5) is 13.2 Å². The van der Waals surface area contributed by atoms with Crippen LogP contribution in [-0.4, -0.2) is 6.36 Å². The van der Waals surface area contributed by atoms with Crippen LogP contribution in [0.2, 0.25) is 0 Å². The van der Waals surface area contributed by atoms with Crippen LogP contribution in [0.25, 0.3) is 0 Å². The molecular weight excluding hydrogens is 263 g/mol. The summed E-state index contributed by atoms with van der Waals surface area (Å²) in [5, 5.41) is 8.52. The summed E-state index contributed by atoms with van der Waals surface area (Å²) >= 11 is 3.03. The summed E-state index contributed by atoms with van der Waals surface area (Å²) in [6, 6.07) is 5.30. The molecule has 1 aromatic rings. The molecule has 0 atom stereocenters. The van der Waals surface area contributed by atoms with Crippen molar-refractivity contribution in [3.63, 3.8) is 0 Å². The van der Waals surface area contributed by atoms with Gasteiger partial charge in [0, 0.05) is 4.47 Å². The second-order valence-corrected chi connectivity index (χ2v) is 3.22. The predicted molar refractivity (Wildman–Crippen MR) is 45.5 cm³/mol. The first kappa shape index (κ1) is 10.9. The SMILES string of the molecule is N#Cc1cc(Br)ccc1OC(F)(F)F. The molecule has 0 saturated heterocycles. The minimum atomic E-state index is -4.78. The van der Waals surface area contributed by atoms with Crippen molar-refractivity contribution in [3.05, 3.63) is 28.2 Å². The summed E-state index contributed by atoms with van der Waals surface area (Å²) in [5.74, 6) is -0.497. The monoisotopic (exact) mass is 265 g/mol. The average Bonchev–Trinajstić information content (AvgIpc) is 2.06. The number of halogens is 4. The van der Waals surface area contributed by atoms with Crippen LogP contribution in [0.5, 0.6) is 5.75 Å². The summed E-state index contributed by atoms with van der Waals surface area (Å²) in [4.78, 5) is 0. The van der Waals surface area contributed by atoms with Crippen molar-refractivity contribution in [2.45, 2.75) is 6.36 Å². The molecule has 0 aliphatic rings. The van der Waals surface area contributed by atoms with Crippen molar-refractivity contribution in [2.75, 3.05) is 0 Å². The van der Waals surface area contributed by atoms with Gasteiger partial charge in [-0.15, -0.1) is 13.2 Å². The van der Waals surface area contributed by atoms with E-state index in [0.717, 1.165) is 6.07 Å². The molecule has 0 N–H and O–H groups in total. The Morgan fingerprint density at radius 3 is 2.50 bits per heavy atom. The fourth-order valence-electron chi connectivity index (χ4n) is 0.803. The van der Waals surface area contributed by atoms with Crippen molar-refractivity contribution >= 4 is 15.9 Å². The minimum absolute atomic E-state index is 0.170. The van der Waals surface area contributed by atoms with Gasteiger partial charge in [0.05, 0.1) is 5.56 Å². The van der Waals surface area contributed by atoms with Crippen molar-refractivity contribution in [2.24, 2.45) is 0 Å². The van der Waals surface area contributed by atoms with Gasteiger partial charge in [-0.3, -0.25) is 0 Å². The number of benzene rings is 1. The van der Waals surface area contributed by atoms with Gasteiger partial charge in [0.2, 0.25) is 0 Å². The molecule has 0 spiro atoms. The number of hydrogen-bond acceptors (Lipinski definition) is 2. The number of hydrogen-bond donors (Lipinski definition) is 0. The van der Waals surface area contributed by atoms with Crippen molar-refractivity contribution < 1.29 is 17.9 Å². The summed E-state index contributed by atoms with van der Waals surface area (Å²) in [6.07, 6.45) is -4.78. The average molecular weight is 266 g/mol. The maximum Gasteiger partial charge on any atom is 0.573 e. The molecule has 0 unspecified atom stereocenters. The zero-order valence-electron chi connectivity index (χ0n) is 6.60. The first-order valence-electron chi connectivity index (χ1n) is 3.38. The summed E-state index contributed by atoms with van der Waals surface area (Å²) in [6.45, 7) is 0. The highest BCUT2D eigenvalue weighted by Crippen LogP contribution is 2.27. The lowest BCUT2D eigenvalue weighted by Gasteiger charge is -2.09. The maximum atomic E-state index is 11.8. The molecule has 0 amide bonds. The quantitative estimate of drug-likeness (QED) is 0.781. The van der Waals surface area contributed by atoms with E-state index in [9.17, 15) is 13.2 Å². The normalized spacial score (nSPS) is 10.8. The fraction of sp³-hybridized carbons (Fsp3) is 0.125. The Kier molecular flexibility index (Phi) is 3.01. The van der Waals surface area contributed by atoms with Gasteiger partial charge >= 0.3 is 6.36 Å². The Balaban J connectivity index is 3.05. The van der Waals surface area contributed by atoms with E-state index in [-0.39, 0.29) is 5.56 Å². The van der Waals surface area contributed by atoms with E-state index < -0.39 is 12.1 Å². The minimum Gasteiger partial charge on any atom is -0.404 e. The first-order chi connectivity index (χ1) is 6.42. The lowest BCUT2D eigenvalue weighted by Crippen LogP contribution is -2.17. The molecule has 0 aromatic heterocycles. The summed E-state index contributed by atoms with van der Waals surface area (Å²) in [7, 11) is 0. The molecule has 74 valence electrons. The van der Waals surface area contributed by atoms with Gasteiger partial charge in [-0.25, -0.2) is 0 Å². The topological polar surface area (TPSA) is 33.0 Å². The molecule has 0 heterocycles. The lowest BCUT2D eigenvalue weighted by atomic mass is 10.2. The van der Waals surface area contributed by atoms with Gasteiger partial charge in [-0.2, -0.15) is 5.26 Å². The molecule has 0 fully saturated rings. The van der Waals surface area contributed by atoms with Gasteiger partial charge in [0.25, 0.3) is 0 Å². The molecule has 2 nitrogen and oxygen atoms in total. The molecule has 0 radical (unpaired) electrons. The third-order valence-corrected chi connectivity index (χ3v) is 1.78. The van der Waals surface area contributed by atoms with Crippen LogP contribution >= 0.6 is 15.9 Å². The highest BCUT2D eigenvalue weighted by molar-refractivity contribution is 9.10. The smallest absolute Gasteiger partial charge is 0.404 e. The van der Waals surface area contributed by atoms with E-state index in [1.54, 1.807) is 6.07 Å². The van der Waals surface area contributed by atoms with E-state index in [2.05, 4.69) is 20.7 Å². The van der Waals surface area contributed by atoms with Gasteiger partial charge in [0.1, 0.15) is 11.8 Å². The Morgan fingerprint density at radius 2 is 2.00 bits per heavy atom. The largest absolute Gasteiger partial charge is 0.573 e. The number of ether oxygens (including phenoxy) is 1. The number of nitrogens with zero attached hydrogens (tertiary/aromatic N) is 1. The molecule has 6 heteroatoms. The van der Waals surface area contributed by atoms with Gasteiger partial charge in [-0.1, -0.05) is 15.9 Å². The molecule has 0 bridgehead atoms. The Hall–Kier alpha value is -1.22. The van der Waals surface area contributed by atoms with E-state index in [4.69, 9.17) is 5.26 Å². The van der Waals surface area contributed by atoms with Gasteiger partial charge in [0.15, 0.2) is 0 Å². The third kappa shape index (κ3) is 2.92. The van der Waals surface area contributed by atoms with Crippen LogP contribution in [0.15, 0.2) is 22.7 Å². The third-order valence-electron chi connectivity index (χ3n) is 1.29. The van der Waals surface area contributed by atoms with Crippen LogP contribution in [-0.2, 0) is 0 Å². The first-order valence-corrected chi connectivity index (χ1v) is 4.17. The van der Waals surface area contributed by atoms with Crippen molar-refractivity contribution in [1.29, 1.82) is 5.26 Å². The Labute approximate surface area is 86.0 Å². The number of rotatable bonds is 1. The Bertz CT molecular complexity index is 383. The van der Waals surface area contributed by atoms with Crippen LogP contribution in [0.3, 0.4) is 0 Å². The zero-order chi connectivity index (χ0) is 10.8. The summed E-state index contributed by atoms with van der Waals surface area (Å²) in [5.41, 5.74) is -0.170. The molecule has 0 aliphatic carbocycles. The molecule has 0 saturated carbocycles. The molecule has 14 heavy (non-hydrogen) atoms. The highest BCUT2D eigenvalue weighted by Gasteiger charge is 2.32. The number of nitriles is 1. The van der Waals surface area contributed by atoms with Gasteiger partial charge in [-0.05, 0) is 18.2 Å². The van der Waals surface area contributed by atoms with E-state index >= 15 is 0 Å². The second kappa shape index (κ2) is 3.88. The number of alkyl halides is 3. The lowest BCUT2D eigenvalue weighted by molar-refractivity contribution is -0.274. The second-order valence-electron chi connectivity index (χ2n) is 2.30. The summed E-state index contributed by atoms with van der Waals surface area (Å²) < 4.78 is 39.6. The molecule has 1 rings (SSSR count). The molecule has 0 aliphatic heterocycles. The van der Waals surface area contributed by atoms with Crippen molar-refractivity contribution in [1.82, 2.24) is 0 Å².